The maximum Gasteiger partial charge on any atom is 0.254 e. The Morgan fingerprint density at radius 3 is 2.46 bits per heavy atom. The molecular weight excluding hydrogens is 358 g/mol. The summed E-state index contributed by atoms with van der Waals surface area (Å²) in [6.45, 7) is 1.77. The highest BCUT2D eigenvalue weighted by Crippen LogP contribution is 2.25. The third kappa shape index (κ3) is 4.37. The molecule has 3 rings (SSSR count). The van der Waals surface area contributed by atoms with Gasteiger partial charge in [0.05, 0.1) is 31.9 Å². The number of nitrogens with zero attached hydrogens (tertiary/aromatic N) is 2. The fourth-order valence-electron chi connectivity index (χ4n) is 2.73. The first kappa shape index (κ1) is 19.2. The van der Waals surface area contributed by atoms with Gasteiger partial charge in [0, 0.05) is 11.6 Å². The summed E-state index contributed by atoms with van der Waals surface area (Å²) in [5.41, 5.74) is 2.55. The van der Waals surface area contributed by atoms with E-state index in [1.165, 1.54) is 24.1 Å². The number of ether oxygens (including phenoxy) is 2. The quantitative estimate of drug-likeness (QED) is 0.712. The molecule has 0 saturated heterocycles. The SMILES string of the molecule is COc1ccc(-c2cc(=O)n(CC(=O)Nc3cc(C)ccc3OC)cn2)cc1. The van der Waals surface area contributed by atoms with Crippen LogP contribution in [0.2, 0.25) is 0 Å². The molecule has 0 radical (unpaired) electrons. The van der Waals surface area contributed by atoms with Crippen molar-refractivity contribution in [2.45, 2.75) is 13.5 Å². The fraction of sp³-hybridized carbons (Fsp3) is 0.190. The molecular formula is C21H21N3O4. The van der Waals surface area contributed by atoms with Gasteiger partial charge in [-0.15, -0.1) is 0 Å². The summed E-state index contributed by atoms with van der Waals surface area (Å²) in [5, 5.41) is 2.77. The number of aromatic nitrogens is 2. The number of hydrogen-bond acceptors (Lipinski definition) is 5. The highest BCUT2D eigenvalue weighted by molar-refractivity contribution is 5.92. The molecule has 0 saturated carbocycles. The number of carbonyl (C=O) groups is 1. The van der Waals surface area contributed by atoms with Crippen LogP contribution in [0.1, 0.15) is 5.56 Å². The molecule has 0 atom stereocenters. The van der Waals surface area contributed by atoms with Gasteiger partial charge in [-0.25, -0.2) is 4.98 Å². The van der Waals surface area contributed by atoms with Crippen LogP contribution in [0.5, 0.6) is 11.5 Å². The van der Waals surface area contributed by atoms with Crippen molar-refractivity contribution in [3.8, 4) is 22.8 Å². The molecule has 3 aromatic rings. The molecule has 0 fully saturated rings. The third-order valence-corrected chi connectivity index (χ3v) is 4.21. The summed E-state index contributed by atoms with van der Waals surface area (Å²) in [7, 11) is 3.12. The second kappa shape index (κ2) is 8.39. The molecule has 0 bridgehead atoms. The zero-order chi connectivity index (χ0) is 20.1. The van der Waals surface area contributed by atoms with Crippen molar-refractivity contribution in [1.82, 2.24) is 9.55 Å². The van der Waals surface area contributed by atoms with Crippen molar-refractivity contribution in [2.75, 3.05) is 19.5 Å². The zero-order valence-electron chi connectivity index (χ0n) is 15.9. The van der Waals surface area contributed by atoms with Gasteiger partial charge in [0.2, 0.25) is 5.91 Å². The van der Waals surface area contributed by atoms with Crippen LogP contribution in [0.15, 0.2) is 59.7 Å². The third-order valence-electron chi connectivity index (χ3n) is 4.21. The molecule has 0 aliphatic carbocycles. The summed E-state index contributed by atoms with van der Waals surface area (Å²) in [4.78, 5) is 29.1. The van der Waals surface area contributed by atoms with Gasteiger partial charge in [-0.2, -0.15) is 0 Å². The van der Waals surface area contributed by atoms with Gasteiger partial charge in [0.15, 0.2) is 0 Å². The summed E-state index contributed by atoms with van der Waals surface area (Å²) >= 11 is 0. The molecule has 1 aromatic heterocycles. The topological polar surface area (TPSA) is 82.5 Å². The Kier molecular flexibility index (Phi) is 5.74. The Labute approximate surface area is 162 Å². The molecule has 1 heterocycles. The van der Waals surface area contributed by atoms with Crippen LogP contribution in [0.4, 0.5) is 5.69 Å². The number of anilines is 1. The van der Waals surface area contributed by atoms with E-state index in [0.717, 1.165) is 16.9 Å². The van der Waals surface area contributed by atoms with Gasteiger partial charge in [-0.1, -0.05) is 6.07 Å². The van der Waals surface area contributed by atoms with Crippen LogP contribution >= 0.6 is 0 Å². The number of nitrogens with one attached hydrogen (secondary N) is 1. The smallest absolute Gasteiger partial charge is 0.254 e. The first-order valence-corrected chi connectivity index (χ1v) is 8.65. The van der Waals surface area contributed by atoms with Gasteiger partial charge in [0.25, 0.3) is 5.56 Å². The lowest BCUT2D eigenvalue weighted by atomic mass is 10.1. The minimum Gasteiger partial charge on any atom is -0.497 e. The molecule has 144 valence electrons. The lowest BCUT2D eigenvalue weighted by Gasteiger charge is -2.12. The number of rotatable bonds is 6. The molecule has 0 unspecified atom stereocenters. The number of methoxy groups -OCH3 is 2. The Bertz CT molecular complexity index is 1040. The first-order chi connectivity index (χ1) is 13.5. The van der Waals surface area contributed by atoms with Crippen LogP contribution in [0.3, 0.4) is 0 Å². The zero-order valence-corrected chi connectivity index (χ0v) is 15.9. The van der Waals surface area contributed by atoms with E-state index in [1.54, 1.807) is 25.3 Å². The number of carbonyl (C=O) groups excluding carboxylic acids is 1. The normalized spacial score (nSPS) is 10.4. The van der Waals surface area contributed by atoms with Crippen molar-refractivity contribution in [3.05, 3.63) is 70.8 Å². The van der Waals surface area contributed by atoms with E-state index >= 15 is 0 Å². The highest BCUT2D eigenvalue weighted by Gasteiger charge is 2.10. The lowest BCUT2D eigenvalue weighted by Crippen LogP contribution is -2.27. The van der Waals surface area contributed by atoms with Crippen molar-refractivity contribution < 1.29 is 14.3 Å². The van der Waals surface area contributed by atoms with Crippen molar-refractivity contribution in [3.63, 3.8) is 0 Å². The summed E-state index contributed by atoms with van der Waals surface area (Å²) < 4.78 is 11.6. The van der Waals surface area contributed by atoms with E-state index in [-0.39, 0.29) is 18.0 Å². The van der Waals surface area contributed by atoms with E-state index < -0.39 is 0 Å². The predicted molar refractivity (Wildman–Crippen MR) is 107 cm³/mol. The van der Waals surface area contributed by atoms with Gasteiger partial charge < -0.3 is 14.8 Å². The second-order valence-corrected chi connectivity index (χ2v) is 6.22. The van der Waals surface area contributed by atoms with Crippen LogP contribution in [-0.4, -0.2) is 29.7 Å². The van der Waals surface area contributed by atoms with E-state index in [1.807, 2.05) is 31.2 Å². The first-order valence-electron chi connectivity index (χ1n) is 8.65. The maximum atomic E-state index is 12.4. The molecule has 7 nitrogen and oxygen atoms in total. The molecule has 7 heteroatoms. The number of benzene rings is 2. The van der Waals surface area contributed by atoms with Crippen LogP contribution in [0, 0.1) is 6.92 Å². The van der Waals surface area contributed by atoms with Gasteiger partial charge >= 0.3 is 0 Å². The van der Waals surface area contributed by atoms with E-state index in [9.17, 15) is 9.59 Å². The van der Waals surface area contributed by atoms with Gasteiger partial charge in [0.1, 0.15) is 18.0 Å². The minimum atomic E-state index is -0.343. The summed E-state index contributed by atoms with van der Waals surface area (Å²) in [6, 6.07) is 14.1. The number of hydrogen-bond donors (Lipinski definition) is 1. The standard InChI is InChI=1S/C21H21N3O4/c1-14-4-9-19(28-3)18(10-14)23-20(25)12-24-13-22-17(11-21(24)26)15-5-7-16(27-2)8-6-15/h4-11,13H,12H2,1-3H3,(H,23,25). The summed E-state index contributed by atoms with van der Waals surface area (Å²) in [5.74, 6) is 0.935. The molecule has 1 amide bonds. The van der Waals surface area contributed by atoms with E-state index in [2.05, 4.69) is 10.3 Å². The number of amides is 1. The Hall–Kier alpha value is -3.61. The highest BCUT2D eigenvalue weighted by atomic mass is 16.5. The largest absolute Gasteiger partial charge is 0.497 e. The second-order valence-electron chi connectivity index (χ2n) is 6.22. The molecule has 0 spiro atoms. The lowest BCUT2D eigenvalue weighted by molar-refractivity contribution is -0.116. The van der Waals surface area contributed by atoms with E-state index in [4.69, 9.17) is 9.47 Å². The van der Waals surface area contributed by atoms with Crippen LogP contribution in [0.25, 0.3) is 11.3 Å². The van der Waals surface area contributed by atoms with Gasteiger partial charge in [-0.3, -0.25) is 14.2 Å². The molecule has 0 aliphatic heterocycles. The number of aryl methyl sites for hydroxylation is 1. The monoisotopic (exact) mass is 379 g/mol. The molecule has 2 aromatic carbocycles. The van der Waals surface area contributed by atoms with Crippen LogP contribution < -0.4 is 20.3 Å². The molecule has 1 N–H and O–H groups in total. The predicted octanol–water partition coefficient (Wildman–Crippen LogP) is 2.87. The van der Waals surface area contributed by atoms with Crippen molar-refractivity contribution in [1.29, 1.82) is 0 Å². The average Bonchev–Trinajstić information content (AvgIpc) is 2.70. The Morgan fingerprint density at radius 2 is 1.82 bits per heavy atom. The van der Waals surface area contributed by atoms with Crippen LogP contribution in [-0.2, 0) is 11.3 Å². The average molecular weight is 379 g/mol. The summed E-state index contributed by atoms with van der Waals surface area (Å²) in [6.07, 6.45) is 1.37. The Morgan fingerprint density at radius 1 is 1.07 bits per heavy atom. The molecule has 0 aliphatic rings. The van der Waals surface area contributed by atoms with Crippen molar-refractivity contribution >= 4 is 11.6 Å². The molecule has 28 heavy (non-hydrogen) atoms. The van der Waals surface area contributed by atoms with E-state index in [0.29, 0.717) is 17.1 Å². The maximum absolute atomic E-state index is 12.4. The fourth-order valence-corrected chi connectivity index (χ4v) is 2.73. The van der Waals surface area contributed by atoms with Gasteiger partial charge in [-0.05, 0) is 48.9 Å². The Balaban J connectivity index is 1.75. The minimum absolute atomic E-state index is 0.147. The van der Waals surface area contributed by atoms with Crippen molar-refractivity contribution in [2.24, 2.45) is 0 Å².